The van der Waals surface area contributed by atoms with E-state index in [0.717, 1.165) is 24.8 Å². The molecule has 2 rings (SSSR count). The average Bonchev–Trinajstić information content (AvgIpc) is 2.17. The molecule has 0 atom stereocenters. The SMILES string of the molecule is COc1ccc(C2(CO)CCC2)cc1O. The summed E-state index contributed by atoms with van der Waals surface area (Å²) in [6.45, 7) is 0.152. The first-order chi connectivity index (χ1) is 7.22. The number of benzene rings is 1. The number of phenolic OH excluding ortho intramolecular Hbond substituents is 1. The van der Waals surface area contributed by atoms with Crippen molar-refractivity contribution in [1.82, 2.24) is 0 Å². The van der Waals surface area contributed by atoms with E-state index < -0.39 is 0 Å². The van der Waals surface area contributed by atoms with Crippen molar-refractivity contribution in [2.45, 2.75) is 24.7 Å². The maximum Gasteiger partial charge on any atom is 0.160 e. The van der Waals surface area contributed by atoms with Gasteiger partial charge in [-0.2, -0.15) is 0 Å². The molecular weight excluding hydrogens is 192 g/mol. The van der Waals surface area contributed by atoms with E-state index in [1.54, 1.807) is 12.1 Å². The van der Waals surface area contributed by atoms with Crippen molar-refractivity contribution in [2.75, 3.05) is 13.7 Å². The van der Waals surface area contributed by atoms with Crippen molar-refractivity contribution in [3.8, 4) is 11.5 Å². The maximum absolute atomic E-state index is 9.66. The van der Waals surface area contributed by atoms with Crippen LogP contribution in [-0.2, 0) is 5.41 Å². The first-order valence-corrected chi connectivity index (χ1v) is 5.20. The van der Waals surface area contributed by atoms with Gasteiger partial charge in [-0.1, -0.05) is 12.5 Å². The Balaban J connectivity index is 2.33. The number of hydrogen-bond acceptors (Lipinski definition) is 3. The molecule has 0 aliphatic heterocycles. The molecule has 1 saturated carbocycles. The van der Waals surface area contributed by atoms with Gasteiger partial charge in [0.15, 0.2) is 11.5 Å². The molecule has 0 heterocycles. The number of hydrogen-bond donors (Lipinski definition) is 2. The molecule has 1 fully saturated rings. The summed E-state index contributed by atoms with van der Waals surface area (Å²) in [6.07, 6.45) is 3.14. The third-order valence-corrected chi connectivity index (χ3v) is 3.40. The highest BCUT2D eigenvalue weighted by atomic mass is 16.5. The van der Waals surface area contributed by atoms with Crippen LogP contribution < -0.4 is 4.74 Å². The van der Waals surface area contributed by atoms with Gasteiger partial charge in [0.2, 0.25) is 0 Å². The van der Waals surface area contributed by atoms with Crippen molar-refractivity contribution >= 4 is 0 Å². The van der Waals surface area contributed by atoms with E-state index in [1.165, 1.54) is 7.11 Å². The summed E-state index contributed by atoms with van der Waals surface area (Å²) in [5.41, 5.74) is 0.888. The highest BCUT2D eigenvalue weighted by Gasteiger charge is 2.38. The highest BCUT2D eigenvalue weighted by molar-refractivity contribution is 5.44. The molecule has 1 aromatic carbocycles. The monoisotopic (exact) mass is 208 g/mol. The van der Waals surface area contributed by atoms with Gasteiger partial charge in [0.1, 0.15) is 0 Å². The van der Waals surface area contributed by atoms with Gasteiger partial charge in [-0.3, -0.25) is 0 Å². The molecule has 0 amide bonds. The molecule has 0 radical (unpaired) electrons. The van der Waals surface area contributed by atoms with Crippen LogP contribution in [0.5, 0.6) is 11.5 Å². The summed E-state index contributed by atoms with van der Waals surface area (Å²) in [7, 11) is 1.53. The third-order valence-electron chi connectivity index (χ3n) is 3.40. The van der Waals surface area contributed by atoms with Crippen molar-refractivity contribution in [2.24, 2.45) is 0 Å². The lowest BCUT2D eigenvalue weighted by Crippen LogP contribution is -2.37. The normalized spacial score (nSPS) is 18.3. The van der Waals surface area contributed by atoms with Crippen molar-refractivity contribution in [3.05, 3.63) is 23.8 Å². The Kier molecular flexibility index (Phi) is 2.57. The number of aliphatic hydroxyl groups excluding tert-OH is 1. The molecule has 2 N–H and O–H groups in total. The van der Waals surface area contributed by atoms with Gasteiger partial charge in [0, 0.05) is 5.41 Å². The summed E-state index contributed by atoms with van der Waals surface area (Å²) >= 11 is 0. The summed E-state index contributed by atoms with van der Waals surface area (Å²) in [4.78, 5) is 0. The molecule has 0 spiro atoms. The van der Waals surface area contributed by atoms with Crippen molar-refractivity contribution < 1.29 is 14.9 Å². The van der Waals surface area contributed by atoms with E-state index in [9.17, 15) is 10.2 Å². The van der Waals surface area contributed by atoms with E-state index in [2.05, 4.69) is 0 Å². The fourth-order valence-corrected chi connectivity index (χ4v) is 2.16. The quantitative estimate of drug-likeness (QED) is 0.796. The number of ether oxygens (including phenoxy) is 1. The lowest BCUT2D eigenvalue weighted by molar-refractivity contribution is 0.120. The van der Waals surface area contributed by atoms with Crippen molar-refractivity contribution in [3.63, 3.8) is 0 Å². The average molecular weight is 208 g/mol. The fourth-order valence-electron chi connectivity index (χ4n) is 2.16. The smallest absolute Gasteiger partial charge is 0.160 e. The Bertz CT molecular complexity index is 350. The summed E-state index contributed by atoms with van der Waals surface area (Å²) in [5.74, 6) is 0.626. The molecule has 0 aromatic heterocycles. The third kappa shape index (κ3) is 1.57. The van der Waals surface area contributed by atoms with Gasteiger partial charge >= 0.3 is 0 Å². The molecule has 15 heavy (non-hydrogen) atoms. The van der Waals surface area contributed by atoms with E-state index in [1.807, 2.05) is 6.07 Å². The van der Waals surface area contributed by atoms with E-state index in [0.29, 0.717) is 5.75 Å². The summed E-state index contributed by atoms with van der Waals surface area (Å²) in [6, 6.07) is 5.38. The van der Waals surface area contributed by atoms with Crippen LogP contribution in [0, 0.1) is 0 Å². The Morgan fingerprint density at radius 2 is 2.13 bits per heavy atom. The molecule has 3 heteroatoms. The zero-order valence-electron chi connectivity index (χ0n) is 8.86. The molecule has 3 nitrogen and oxygen atoms in total. The molecule has 82 valence electrons. The minimum Gasteiger partial charge on any atom is -0.504 e. The zero-order chi connectivity index (χ0) is 10.9. The molecule has 1 aliphatic rings. The van der Waals surface area contributed by atoms with Gasteiger partial charge < -0.3 is 14.9 Å². The van der Waals surface area contributed by atoms with Gasteiger partial charge in [0.05, 0.1) is 13.7 Å². The van der Waals surface area contributed by atoms with Crippen LogP contribution in [-0.4, -0.2) is 23.9 Å². The Morgan fingerprint density at radius 3 is 2.53 bits per heavy atom. The van der Waals surface area contributed by atoms with Crippen molar-refractivity contribution in [1.29, 1.82) is 0 Å². The number of phenols is 1. The molecule has 0 saturated heterocycles. The van der Waals surface area contributed by atoms with Gasteiger partial charge in [-0.25, -0.2) is 0 Å². The van der Waals surface area contributed by atoms with Crippen LogP contribution in [0.1, 0.15) is 24.8 Å². The zero-order valence-corrected chi connectivity index (χ0v) is 8.86. The van der Waals surface area contributed by atoms with Crippen LogP contribution in [0.25, 0.3) is 0 Å². The van der Waals surface area contributed by atoms with Gasteiger partial charge in [-0.15, -0.1) is 0 Å². The topological polar surface area (TPSA) is 49.7 Å². The van der Waals surface area contributed by atoms with Crippen LogP contribution in [0.3, 0.4) is 0 Å². The highest BCUT2D eigenvalue weighted by Crippen LogP contribution is 2.45. The minimum atomic E-state index is -0.121. The first kappa shape index (κ1) is 10.3. The fraction of sp³-hybridized carbons (Fsp3) is 0.500. The Labute approximate surface area is 89.3 Å². The number of aliphatic hydroxyl groups is 1. The second-order valence-corrected chi connectivity index (χ2v) is 4.18. The van der Waals surface area contributed by atoms with Crippen LogP contribution >= 0.6 is 0 Å². The Hall–Kier alpha value is -1.22. The predicted octanol–water partition coefficient (Wildman–Crippen LogP) is 1.81. The van der Waals surface area contributed by atoms with E-state index in [-0.39, 0.29) is 17.8 Å². The summed E-state index contributed by atoms with van der Waals surface area (Å²) in [5, 5.41) is 19.1. The second kappa shape index (κ2) is 3.74. The van der Waals surface area contributed by atoms with E-state index >= 15 is 0 Å². The van der Waals surface area contributed by atoms with Crippen LogP contribution in [0.15, 0.2) is 18.2 Å². The first-order valence-electron chi connectivity index (χ1n) is 5.20. The standard InChI is InChI=1S/C12H16O3/c1-15-11-4-3-9(7-10(11)14)12(8-13)5-2-6-12/h3-4,7,13-14H,2,5-6,8H2,1H3. The second-order valence-electron chi connectivity index (χ2n) is 4.18. The summed E-state index contributed by atoms with van der Waals surface area (Å²) < 4.78 is 4.99. The molecule has 0 unspecified atom stereocenters. The molecule has 1 aliphatic carbocycles. The molecule has 1 aromatic rings. The largest absolute Gasteiger partial charge is 0.504 e. The minimum absolute atomic E-state index is 0.121. The van der Waals surface area contributed by atoms with Crippen LogP contribution in [0.4, 0.5) is 0 Å². The number of methoxy groups -OCH3 is 1. The van der Waals surface area contributed by atoms with Gasteiger partial charge in [-0.05, 0) is 30.5 Å². The number of aromatic hydroxyl groups is 1. The Morgan fingerprint density at radius 1 is 1.40 bits per heavy atom. The molecular formula is C12H16O3. The predicted molar refractivity (Wildman–Crippen MR) is 57.3 cm³/mol. The lowest BCUT2D eigenvalue weighted by Gasteiger charge is -2.40. The molecule has 0 bridgehead atoms. The lowest BCUT2D eigenvalue weighted by atomic mass is 9.65. The van der Waals surface area contributed by atoms with Gasteiger partial charge in [0.25, 0.3) is 0 Å². The van der Waals surface area contributed by atoms with Crippen LogP contribution in [0.2, 0.25) is 0 Å². The number of rotatable bonds is 3. The van der Waals surface area contributed by atoms with E-state index in [4.69, 9.17) is 4.74 Å². The maximum atomic E-state index is 9.66.